The molecule has 0 atom stereocenters. The highest BCUT2D eigenvalue weighted by molar-refractivity contribution is 6.08. The molecule has 1 heterocycles. The van der Waals surface area contributed by atoms with Crippen LogP contribution in [0.25, 0.3) is 0 Å². The fourth-order valence-corrected chi connectivity index (χ4v) is 3.02. The van der Waals surface area contributed by atoms with E-state index in [9.17, 15) is 14.4 Å². The largest absolute Gasteiger partial charge is 0.351 e. The average Bonchev–Trinajstić information content (AvgIpc) is 2.62. The van der Waals surface area contributed by atoms with Gasteiger partial charge >= 0.3 is 0 Å². The highest BCUT2D eigenvalue weighted by Crippen LogP contribution is 2.45. The number of rotatable bonds is 4. The first kappa shape index (κ1) is 13.8. The first-order valence-electron chi connectivity index (χ1n) is 6.81. The van der Waals surface area contributed by atoms with Crippen molar-refractivity contribution < 1.29 is 14.4 Å². The summed E-state index contributed by atoms with van der Waals surface area (Å²) in [4.78, 5) is 37.1. The molecule has 0 aromatic carbocycles. The van der Waals surface area contributed by atoms with E-state index in [0.29, 0.717) is 6.54 Å². The van der Waals surface area contributed by atoms with Crippen LogP contribution in [0.15, 0.2) is 12.7 Å². The van der Waals surface area contributed by atoms with Crippen molar-refractivity contribution in [3.63, 3.8) is 0 Å². The minimum atomic E-state index is -0.506. The lowest BCUT2D eigenvalue weighted by atomic mass is 9.73. The maximum Gasteiger partial charge on any atom is 0.240 e. The maximum atomic E-state index is 12.4. The molecule has 19 heavy (non-hydrogen) atoms. The third-order valence-corrected chi connectivity index (χ3v) is 4.05. The first-order chi connectivity index (χ1) is 9.09. The Balaban J connectivity index is 2.02. The van der Waals surface area contributed by atoms with E-state index < -0.39 is 5.41 Å². The molecule has 5 nitrogen and oxygen atoms in total. The van der Waals surface area contributed by atoms with Gasteiger partial charge in [0.1, 0.15) is 6.54 Å². The molecule has 5 heteroatoms. The Kier molecular flexibility index (Phi) is 4.02. The van der Waals surface area contributed by atoms with Gasteiger partial charge in [-0.1, -0.05) is 25.3 Å². The second-order valence-corrected chi connectivity index (χ2v) is 5.40. The number of carbonyl (C=O) groups excluding carboxylic acids is 3. The van der Waals surface area contributed by atoms with Gasteiger partial charge in [0.05, 0.1) is 5.41 Å². The molecule has 104 valence electrons. The summed E-state index contributed by atoms with van der Waals surface area (Å²) in [7, 11) is 0. The van der Waals surface area contributed by atoms with Gasteiger partial charge in [-0.15, -0.1) is 6.58 Å². The molecule has 1 saturated carbocycles. The van der Waals surface area contributed by atoms with Crippen LogP contribution < -0.4 is 5.32 Å². The van der Waals surface area contributed by atoms with Crippen molar-refractivity contribution in [2.24, 2.45) is 5.41 Å². The molecule has 0 aromatic rings. The molecule has 0 bridgehead atoms. The normalized spacial score (nSPS) is 21.8. The van der Waals surface area contributed by atoms with Gasteiger partial charge < -0.3 is 5.32 Å². The lowest BCUT2D eigenvalue weighted by molar-refractivity contribution is -0.145. The number of likely N-dealkylation sites (tertiary alicyclic amines) is 1. The van der Waals surface area contributed by atoms with E-state index in [0.717, 1.165) is 37.0 Å². The molecule has 1 aliphatic carbocycles. The van der Waals surface area contributed by atoms with Crippen LogP contribution in [0.5, 0.6) is 0 Å². The lowest BCUT2D eigenvalue weighted by Gasteiger charge is -2.30. The molecule has 0 radical (unpaired) electrons. The molecule has 0 aromatic heterocycles. The molecule has 1 saturated heterocycles. The van der Waals surface area contributed by atoms with Crippen LogP contribution in [0.2, 0.25) is 0 Å². The summed E-state index contributed by atoms with van der Waals surface area (Å²) in [6, 6.07) is 0. The Bertz CT molecular complexity index is 411. The van der Waals surface area contributed by atoms with Crippen LogP contribution in [0.1, 0.15) is 38.5 Å². The Morgan fingerprint density at radius 2 is 2.00 bits per heavy atom. The fraction of sp³-hybridized carbons (Fsp3) is 0.643. The highest BCUT2D eigenvalue weighted by atomic mass is 16.2. The second kappa shape index (κ2) is 5.55. The van der Waals surface area contributed by atoms with E-state index in [-0.39, 0.29) is 30.7 Å². The van der Waals surface area contributed by atoms with Crippen molar-refractivity contribution in [3.05, 3.63) is 12.7 Å². The van der Waals surface area contributed by atoms with E-state index >= 15 is 0 Å². The van der Waals surface area contributed by atoms with Crippen molar-refractivity contribution in [1.82, 2.24) is 10.2 Å². The zero-order chi connectivity index (χ0) is 13.9. The van der Waals surface area contributed by atoms with E-state index in [1.54, 1.807) is 6.08 Å². The first-order valence-corrected chi connectivity index (χ1v) is 6.81. The van der Waals surface area contributed by atoms with E-state index in [1.165, 1.54) is 0 Å². The molecule has 1 spiro atoms. The van der Waals surface area contributed by atoms with Crippen molar-refractivity contribution >= 4 is 17.7 Å². The van der Waals surface area contributed by atoms with Gasteiger partial charge in [-0.2, -0.15) is 0 Å². The molecule has 1 aliphatic heterocycles. The summed E-state index contributed by atoms with van der Waals surface area (Å²) in [5.74, 6) is -0.666. The summed E-state index contributed by atoms with van der Waals surface area (Å²) in [6.07, 6.45) is 6.52. The molecule has 0 unspecified atom stereocenters. The predicted octanol–water partition coefficient (Wildman–Crippen LogP) is 0.998. The minimum Gasteiger partial charge on any atom is -0.351 e. The van der Waals surface area contributed by atoms with Gasteiger partial charge in [0, 0.05) is 13.0 Å². The number of nitrogens with zero attached hydrogens (tertiary/aromatic N) is 1. The number of amides is 3. The highest BCUT2D eigenvalue weighted by Gasteiger charge is 2.51. The molecule has 2 aliphatic rings. The van der Waals surface area contributed by atoms with Gasteiger partial charge in [-0.25, -0.2) is 0 Å². The van der Waals surface area contributed by atoms with Crippen LogP contribution >= 0.6 is 0 Å². The summed E-state index contributed by atoms with van der Waals surface area (Å²) >= 11 is 0. The average molecular weight is 264 g/mol. The Morgan fingerprint density at radius 3 is 2.63 bits per heavy atom. The standard InChI is InChI=1S/C14H20N2O3/c1-2-8-15-11(17)10-16-12(18)9-14(13(16)19)6-4-3-5-7-14/h2H,1,3-10H2,(H,15,17). The van der Waals surface area contributed by atoms with Gasteiger partial charge in [0.15, 0.2) is 0 Å². The monoisotopic (exact) mass is 264 g/mol. The molecule has 2 rings (SSSR count). The molecular weight excluding hydrogens is 244 g/mol. The van der Waals surface area contributed by atoms with E-state index in [1.807, 2.05) is 0 Å². The van der Waals surface area contributed by atoms with Gasteiger partial charge in [0.25, 0.3) is 0 Å². The predicted molar refractivity (Wildman–Crippen MR) is 70.1 cm³/mol. The molecule has 3 amide bonds. The van der Waals surface area contributed by atoms with Crippen molar-refractivity contribution in [2.75, 3.05) is 13.1 Å². The molecule has 2 fully saturated rings. The fourth-order valence-electron chi connectivity index (χ4n) is 3.02. The third-order valence-electron chi connectivity index (χ3n) is 4.05. The summed E-state index contributed by atoms with van der Waals surface area (Å²) in [6.45, 7) is 3.69. The van der Waals surface area contributed by atoms with Crippen LogP contribution in [0.4, 0.5) is 0 Å². The quantitative estimate of drug-likeness (QED) is 0.608. The van der Waals surface area contributed by atoms with Crippen LogP contribution in [-0.4, -0.2) is 35.7 Å². The summed E-state index contributed by atoms with van der Waals surface area (Å²) in [5.41, 5.74) is -0.506. The number of hydrogen-bond acceptors (Lipinski definition) is 3. The topological polar surface area (TPSA) is 66.5 Å². The summed E-state index contributed by atoms with van der Waals surface area (Å²) < 4.78 is 0. The Morgan fingerprint density at radius 1 is 1.32 bits per heavy atom. The number of carbonyl (C=O) groups is 3. The second-order valence-electron chi connectivity index (χ2n) is 5.40. The maximum absolute atomic E-state index is 12.4. The number of imide groups is 1. The molecular formula is C14H20N2O3. The lowest BCUT2D eigenvalue weighted by Crippen LogP contribution is -2.43. The minimum absolute atomic E-state index is 0.147. The van der Waals surface area contributed by atoms with Crippen LogP contribution in [-0.2, 0) is 14.4 Å². The van der Waals surface area contributed by atoms with Crippen LogP contribution in [0, 0.1) is 5.41 Å². The molecule has 1 N–H and O–H groups in total. The van der Waals surface area contributed by atoms with Crippen molar-refractivity contribution in [1.29, 1.82) is 0 Å². The van der Waals surface area contributed by atoms with Gasteiger partial charge in [0.2, 0.25) is 17.7 Å². The van der Waals surface area contributed by atoms with Crippen molar-refractivity contribution in [2.45, 2.75) is 38.5 Å². The van der Waals surface area contributed by atoms with Crippen LogP contribution in [0.3, 0.4) is 0 Å². The summed E-state index contributed by atoms with van der Waals surface area (Å²) in [5, 5.41) is 2.59. The van der Waals surface area contributed by atoms with Gasteiger partial charge in [-0.05, 0) is 12.8 Å². The Labute approximate surface area is 113 Å². The zero-order valence-electron chi connectivity index (χ0n) is 11.1. The van der Waals surface area contributed by atoms with E-state index in [4.69, 9.17) is 0 Å². The van der Waals surface area contributed by atoms with Gasteiger partial charge in [-0.3, -0.25) is 19.3 Å². The zero-order valence-corrected chi connectivity index (χ0v) is 11.1. The number of hydrogen-bond donors (Lipinski definition) is 1. The Hall–Kier alpha value is -1.65. The smallest absolute Gasteiger partial charge is 0.240 e. The number of nitrogens with one attached hydrogen (secondary N) is 1. The third kappa shape index (κ3) is 2.69. The van der Waals surface area contributed by atoms with Crippen molar-refractivity contribution in [3.8, 4) is 0 Å². The SMILES string of the molecule is C=CCNC(=O)CN1C(=O)CC2(CCCCC2)C1=O. The van der Waals surface area contributed by atoms with E-state index in [2.05, 4.69) is 11.9 Å².